The number of carbonyl (C=O) groups is 1. The largest absolute Gasteiger partial charge is 0.493 e. The highest BCUT2D eigenvalue weighted by Crippen LogP contribution is 2.32. The number of anilines is 1. The second-order valence-electron chi connectivity index (χ2n) is 6.87. The minimum absolute atomic E-state index is 0.198. The first-order valence-electron chi connectivity index (χ1n) is 9.14. The summed E-state index contributed by atoms with van der Waals surface area (Å²) in [6.45, 7) is 1.89. The molecule has 0 aliphatic heterocycles. The third-order valence-electron chi connectivity index (χ3n) is 4.84. The molecule has 1 amide bonds. The highest BCUT2D eigenvalue weighted by atomic mass is 32.2. The molecular weight excluding hydrogens is 424 g/mol. The molecule has 9 heteroatoms. The molecule has 0 saturated carbocycles. The molecule has 2 aromatic carbocycles. The van der Waals surface area contributed by atoms with Crippen LogP contribution < -0.4 is 19.1 Å². The van der Waals surface area contributed by atoms with Crippen LogP contribution in [0.4, 0.5) is 5.69 Å². The lowest BCUT2D eigenvalue weighted by Gasteiger charge is -2.16. The molecular formula is C21H24N2O5S2. The summed E-state index contributed by atoms with van der Waals surface area (Å²) in [5, 5.41) is 3.81. The Morgan fingerprint density at radius 1 is 1.07 bits per heavy atom. The summed E-state index contributed by atoms with van der Waals surface area (Å²) in [5.74, 6) is 1.02. The average Bonchev–Trinajstić information content (AvgIpc) is 3.15. The smallest absolute Gasteiger partial charge is 0.261 e. The normalized spacial score (nSPS) is 12.4. The van der Waals surface area contributed by atoms with Gasteiger partial charge in [-0.25, -0.2) is 8.42 Å². The maximum absolute atomic E-state index is 12.8. The van der Waals surface area contributed by atoms with Gasteiger partial charge in [-0.3, -0.25) is 9.10 Å². The van der Waals surface area contributed by atoms with Crippen molar-refractivity contribution in [3.05, 3.63) is 52.9 Å². The summed E-state index contributed by atoms with van der Waals surface area (Å²) in [7, 11) is 1.29. The first-order chi connectivity index (χ1) is 14.1. The van der Waals surface area contributed by atoms with E-state index in [4.69, 9.17) is 9.47 Å². The van der Waals surface area contributed by atoms with Crippen LogP contribution in [0.1, 0.15) is 28.2 Å². The molecule has 0 radical (unpaired) electrons. The highest BCUT2D eigenvalue weighted by Gasteiger charge is 2.17. The zero-order chi connectivity index (χ0) is 22.1. The summed E-state index contributed by atoms with van der Waals surface area (Å²) >= 11 is 1.36. The van der Waals surface area contributed by atoms with Crippen molar-refractivity contribution in [1.82, 2.24) is 5.32 Å². The number of ether oxygens (including phenoxy) is 2. The van der Waals surface area contributed by atoms with Crippen LogP contribution in [0.25, 0.3) is 10.1 Å². The molecule has 0 saturated heterocycles. The number of rotatable bonds is 7. The first kappa shape index (κ1) is 21.9. The Bertz CT molecular complexity index is 1190. The third-order valence-corrected chi connectivity index (χ3v) is 7.16. The fraction of sp³-hybridized carbons (Fsp3) is 0.286. The van der Waals surface area contributed by atoms with Crippen LogP contribution in [-0.4, -0.2) is 41.8 Å². The van der Waals surface area contributed by atoms with Gasteiger partial charge in [-0.2, -0.15) is 0 Å². The van der Waals surface area contributed by atoms with E-state index in [9.17, 15) is 13.2 Å². The fourth-order valence-electron chi connectivity index (χ4n) is 3.00. The quantitative estimate of drug-likeness (QED) is 0.594. The number of amides is 1. The number of sulfonamides is 1. The van der Waals surface area contributed by atoms with Crippen molar-refractivity contribution in [1.29, 1.82) is 0 Å². The molecule has 30 heavy (non-hydrogen) atoms. The van der Waals surface area contributed by atoms with Gasteiger partial charge in [0.1, 0.15) is 0 Å². The Balaban J connectivity index is 1.81. The highest BCUT2D eigenvalue weighted by molar-refractivity contribution is 7.92. The molecule has 3 rings (SSSR count). The van der Waals surface area contributed by atoms with Crippen molar-refractivity contribution >= 4 is 43.0 Å². The van der Waals surface area contributed by atoms with Gasteiger partial charge in [0.25, 0.3) is 5.91 Å². The number of carbonyl (C=O) groups excluding carboxylic acids is 1. The van der Waals surface area contributed by atoms with E-state index >= 15 is 0 Å². The lowest BCUT2D eigenvalue weighted by molar-refractivity contribution is 0.0944. The van der Waals surface area contributed by atoms with Crippen LogP contribution in [0, 0.1) is 0 Å². The SMILES string of the molecule is COc1ccc([C@@H](C)NC(=O)c2cc3cc(N(C)S(C)(=O)=O)ccc3s2)cc1OC. The second-order valence-corrected chi connectivity index (χ2v) is 9.97. The number of benzene rings is 2. The Hall–Kier alpha value is -2.78. The van der Waals surface area contributed by atoms with Gasteiger partial charge in [0.05, 0.1) is 37.1 Å². The van der Waals surface area contributed by atoms with Gasteiger partial charge in [0, 0.05) is 11.7 Å². The van der Waals surface area contributed by atoms with Crippen LogP contribution in [0.5, 0.6) is 11.5 Å². The summed E-state index contributed by atoms with van der Waals surface area (Å²) in [5.41, 5.74) is 1.44. The monoisotopic (exact) mass is 448 g/mol. The van der Waals surface area contributed by atoms with Crippen molar-refractivity contribution < 1.29 is 22.7 Å². The molecule has 1 N–H and O–H groups in total. The Morgan fingerprint density at radius 3 is 2.40 bits per heavy atom. The molecule has 0 bridgehead atoms. The van der Waals surface area contributed by atoms with Gasteiger partial charge >= 0.3 is 0 Å². The number of methoxy groups -OCH3 is 2. The number of nitrogens with zero attached hydrogens (tertiary/aromatic N) is 1. The van der Waals surface area contributed by atoms with E-state index in [1.807, 2.05) is 25.1 Å². The van der Waals surface area contributed by atoms with Crippen molar-refractivity contribution in [2.75, 3.05) is 31.8 Å². The maximum atomic E-state index is 12.8. The molecule has 1 aromatic heterocycles. The zero-order valence-corrected chi connectivity index (χ0v) is 19.1. The second kappa shape index (κ2) is 8.53. The number of fused-ring (bicyclic) bond motifs is 1. The van der Waals surface area contributed by atoms with E-state index in [0.717, 1.165) is 21.9 Å². The predicted molar refractivity (Wildman–Crippen MR) is 120 cm³/mol. The van der Waals surface area contributed by atoms with Gasteiger partial charge in [-0.1, -0.05) is 6.07 Å². The van der Waals surface area contributed by atoms with Gasteiger partial charge in [0.15, 0.2) is 11.5 Å². The molecule has 1 atom stereocenters. The molecule has 0 aliphatic rings. The van der Waals surface area contributed by atoms with Crippen molar-refractivity contribution in [3.63, 3.8) is 0 Å². The summed E-state index contributed by atoms with van der Waals surface area (Å²) in [4.78, 5) is 13.3. The van der Waals surface area contributed by atoms with Gasteiger partial charge < -0.3 is 14.8 Å². The standard InChI is InChI=1S/C21H24N2O5S2/c1-13(14-6-8-17(27-3)18(11-14)28-4)22-21(24)20-12-15-10-16(7-9-19(15)29-20)23(2)30(5,25)26/h6-13H,1-5H3,(H,22,24)/t13-/m1/s1. The van der Waals surface area contributed by atoms with E-state index < -0.39 is 10.0 Å². The number of hydrogen-bond acceptors (Lipinski definition) is 6. The van der Waals surface area contributed by atoms with Gasteiger partial charge in [-0.05, 0) is 54.3 Å². The van der Waals surface area contributed by atoms with Crippen molar-refractivity contribution in [2.24, 2.45) is 0 Å². The van der Waals surface area contributed by atoms with Crippen LogP contribution in [0.15, 0.2) is 42.5 Å². The molecule has 3 aromatic rings. The summed E-state index contributed by atoms with van der Waals surface area (Å²) in [6.07, 6.45) is 1.15. The summed E-state index contributed by atoms with van der Waals surface area (Å²) in [6, 6.07) is 12.4. The first-order valence-corrected chi connectivity index (χ1v) is 11.8. The Labute approximate surface area is 180 Å². The van der Waals surface area contributed by atoms with Crippen molar-refractivity contribution in [2.45, 2.75) is 13.0 Å². The molecule has 0 unspecified atom stereocenters. The van der Waals surface area contributed by atoms with Gasteiger partial charge in [-0.15, -0.1) is 11.3 Å². The predicted octanol–water partition coefficient (Wildman–Crippen LogP) is 3.81. The number of nitrogens with one attached hydrogen (secondary N) is 1. The van der Waals surface area contributed by atoms with Crippen LogP contribution >= 0.6 is 11.3 Å². The van der Waals surface area contributed by atoms with E-state index in [-0.39, 0.29) is 11.9 Å². The van der Waals surface area contributed by atoms with E-state index in [1.54, 1.807) is 38.5 Å². The number of hydrogen-bond donors (Lipinski definition) is 1. The van der Waals surface area contributed by atoms with Crippen LogP contribution in [0.3, 0.4) is 0 Å². The van der Waals surface area contributed by atoms with Gasteiger partial charge in [0.2, 0.25) is 10.0 Å². The molecule has 0 aliphatic carbocycles. The minimum Gasteiger partial charge on any atom is -0.493 e. The average molecular weight is 449 g/mol. The molecule has 0 spiro atoms. The molecule has 1 heterocycles. The maximum Gasteiger partial charge on any atom is 0.261 e. The fourth-order valence-corrected chi connectivity index (χ4v) is 4.45. The Kier molecular flexibility index (Phi) is 6.23. The molecule has 0 fully saturated rings. The zero-order valence-electron chi connectivity index (χ0n) is 17.4. The van der Waals surface area contributed by atoms with E-state index in [1.165, 1.54) is 22.7 Å². The Morgan fingerprint density at radius 2 is 1.77 bits per heavy atom. The van der Waals surface area contributed by atoms with E-state index in [2.05, 4.69) is 5.32 Å². The van der Waals surface area contributed by atoms with Crippen LogP contribution in [-0.2, 0) is 10.0 Å². The molecule has 7 nitrogen and oxygen atoms in total. The third kappa shape index (κ3) is 4.52. The number of thiophene rings is 1. The van der Waals surface area contributed by atoms with Crippen molar-refractivity contribution in [3.8, 4) is 11.5 Å². The van der Waals surface area contributed by atoms with E-state index in [0.29, 0.717) is 22.1 Å². The molecule has 160 valence electrons. The summed E-state index contributed by atoms with van der Waals surface area (Å²) < 4.78 is 36.2. The van der Waals surface area contributed by atoms with Crippen LogP contribution in [0.2, 0.25) is 0 Å². The lowest BCUT2D eigenvalue weighted by atomic mass is 10.1. The minimum atomic E-state index is -3.35. The topological polar surface area (TPSA) is 84.9 Å². The lowest BCUT2D eigenvalue weighted by Crippen LogP contribution is -2.25.